The summed E-state index contributed by atoms with van der Waals surface area (Å²) in [5.41, 5.74) is 5.19. The number of carbonyl (C=O) groups is 2. The molecule has 1 unspecified atom stereocenters. The van der Waals surface area contributed by atoms with Crippen molar-refractivity contribution in [2.24, 2.45) is 5.73 Å². The van der Waals surface area contributed by atoms with Gasteiger partial charge in [0.15, 0.2) is 5.78 Å². The lowest BCUT2D eigenvalue weighted by Crippen LogP contribution is -2.32. The Morgan fingerprint density at radius 2 is 1.93 bits per heavy atom. The van der Waals surface area contributed by atoms with Gasteiger partial charge < -0.3 is 10.8 Å². The third-order valence-corrected chi connectivity index (χ3v) is 2.31. The zero-order chi connectivity index (χ0) is 11.7. The highest BCUT2D eigenvalue weighted by Crippen LogP contribution is 2.14. The second-order valence-electron chi connectivity index (χ2n) is 2.24. The van der Waals surface area contributed by atoms with Crippen LogP contribution in [0.3, 0.4) is 0 Å². The molecule has 0 rings (SSSR count). The molecule has 0 fully saturated rings. The van der Waals surface area contributed by atoms with Gasteiger partial charge in [-0.3, -0.25) is 9.59 Å². The average Bonchev–Trinajstić information content (AvgIpc) is 2.16. The maximum atomic E-state index is 10.6. The van der Waals surface area contributed by atoms with Crippen molar-refractivity contribution in [3.8, 4) is 0 Å². The van der Waals surface area contributed by atoms with Crippen molar-refractivity contribution in [1.29, 1.82) is 0 Å². The normalized spacial score (nSPS) is 10.9. The van der Waals surface area contributed by atoms with Gasteiger partial charge in [-0.15, -0.1) is 11.8 Å². The van der Waals surface area contributed by atoms with Crippen LogP contribution in [0, 0.1) is 0 Å². The number of thioether (sulfide) groups is 1. The quantitative estimate of drug-likeness (QED) is 0.680. The topological polar surface area (TPSA) is 80.4 Å². The van der Waals surface area contributed by atoms with E-state index in [1.54, 1.807) is 0 Å². The van der Waals surface area contributed by atoms with Crippen molar-refractivity contribution in [2.75, 3.05) is 5.75 Å². The number of carboxylic acid groups (broad SMARTS) is 1. The lowest BCUT2D eigenvalue weighted by Gasteiger charge is -2.05. The molecule has 0 aliphatic rings. The highest BCUT2D eigenvalue weighted by atomic mass is 32.2. The predicted octanol–water partition coefficient (Wildman–Crippen LogP) is 1.26. The van der Waals surface area contributed by atoms with Crippen molar-refractivity contribution in [2.45, 2.75) is 26.8 Å². The minimum absolute atomic E-state index is 0.155. The van der Waals surface area contributed by atoms with Crippen LogP contribution in [-0.4, -0.2) is 28.7 Å². The second-order valence-corrected chi connectivity index (χ2v) is 3.35. The van der Waals surface area contributed by atoms with E-state index in [0.29, 0.717) is 4.91 Å². The van der Waals surface area contributed by atoms with Crippen LogP contribution in [0.2, 0.25) is 0 Å². The summed E-state index contributed by atoms with van der Waals surface area (Å²) in [7, 11) is 0. The SMILES string of the molecule is C=C(SCC(N)C(=O)O)C(C)=O.CC. The molecule has 3 N–H and O–H groups in total. The van der Waals surface area contributed by atoms with E-state index in [1.165, 1.54) is 6.92 Å². The van der Waals surface area contributed by atoms with Crippen molar-refractivity contribution in [3.63, 3.8) is 0 Å². The molecule has 14 heavy (non-hydrogen) atoms. The maximum absolute atomic E-state index is 10.6. The first kappa shape index (κ1) is 15.7. The van der Waals surface area contributed by atoms with E-state index in [4.69, 9.17) is 10.8 Å². The number of hydrogen-bond donors (Lipinski definition) is 2. The van der Waals surface area contributed by atoms with Crippen molar-refractivity contribution < 1.29 is 14.7 Å². The van der Waals surface area contributed by atoms with Gasteiger partial charge in [0.05, 0.1) is 0 Å². The van der Waals surface area contributed by atoms with Crippen LogP contribution in [0.15, 0.2) is 11.5 Å². The number of rotatable bonds is 5. The Morgan fingerprint density at radius 1 is 1.50 bits per heavy atom. The molecule has 0 spiro atoms. The maximum Gasteiger partial charge on any atom is 0.321 e. The highest BCUT2D eigenvalue weighted by molar-refractivity contribution is 8.04. The number of allylic oxidation sites excluding steroid dienone is 1. The minimum Gasteiger partial charge on any atom is -0.480 e. The molecule has 0 aromatic heterocycles. The lowest BCUT2D eigenvalue weighted by atomic mass is 10.4. The fourth-order valence-corrected chi connectivity index (χ4v) is 1.09. The zero-order valence-electron chi connectivity index (χ0n) is 8.74. The molecule has 0 aliphatic heterocycles. The van der Waals surface area contributed by atoms with Crippen LogP contribution in [0.1, 0.15) is 20.8 Å². The summed E-state index contributed by atoms with van der Waals surface area (Å²) in [6.45, 7) is 8.83. The first-order valence-corrected chi connectivity index (χ1v) is 5.24. The van der Waals surface area contributed by atoms with Crippen LogP contribution in [0.4, 0.5) is 0 Å². The number of Topliss-reactive ketones (excluding diaryl/α,β-unsaturated/α-hetero) is 1. The number of hydrogen-bond acceptors (Lipinski definition) is 4. The monoisotopic (exact) mass is 219 g/mol. The van der Waals surface area contributed by atoms with E-state index in [0.717, 1.165) is 11.8 Å². The largest absolute Gasteiger partial charge is 0.480 e. The van der Waals surface area contributed by atoms with Gasteiger partial charge in [-0.25, -0.2) is 0 Å². The highest BCUT2D eigenvalue weighted by Gasteiger charge is 2.12. The van der Waals surface area contributed by atoms with E-state index in [-0.39, 0.29) is 11.5 Å². The summed E-state index contributed by atoms with van der Waals surface area (Å²) in [5.74, 6) is -1.05. The van der Waals surface area contributed by atoms with Crippen LogP contribution in [-0.2, 0) is 9.59 Å². The van der Waals surface area contributed by atoms with Gasteiger partial charge in [-0.2, -0.15) is 0 Å². The molecule has 0 bridgehead atoms. The number of carbonyl (C=O) groups excluding carboxylic acids is 1. The van der Waals surface area contributed by atoms with Gasteiger partial charge in [-0.05, 0) is 6.92 Å². The number of carboxylic acids is 1. The zero-order valence-corrected chi connectivity index (χ0v) is 9.56. The van der Waals surface area contributed by atoms with Crippen molar-refractivity contribution >= 4 is 23.5 Å². The van der Waals surface area contributed by atoms with Crippen molar-refractivity contribution in [3.05, 3.63) is 11.5 Å². The molecule has 0 heterocycles. The Kier molecular flexibility index (Phi) is 9.81. The van der Waals surface area contributed by atoms with Gasteiger partial charge in [0.25, 0.3) is 0 Å². The lowest BCUT2D eigenvalue weighted by molar-refractivity contribution is -0.137. The molecular formula is C9H17NO3S. The molecule has 4 nitrogen and oxygen atoms in total. The Hall–Kier alpha value is -0.810. The smallest absolute Gasteiger partial charge is 0.321 e. The average molecular weight is 219 g/mol. The van der Waals surface area contributed by atoms with E-state index in [1.807, 2.05) is 13.8 Å². The first-order chi connectivity index (χ1) is 6.45. The van der Waals surface area contributed by atoms with Gasteiger partial charge in [0, 0.05) is 10.7 Å². The summed E-state index contributed by atoms with van der Waals surface area (Å²) in [6, 6.07) is -0.939. The summed E-state index contributed by atoms with van der Waals surface area (Å²) >= 11 is 1.07. The molecule has 0 saturated carbocycles. The Balaban J connectivity index is 0. The van der Waals surface area contributed by atoms with Crippen molar-refractivity contribution in [1.82, 2.24) is 0 Å². The van der Waals surface area contributed by atoms with Gasteiger partial charge in [-0.1, -0.05) is 20.4 Å². The molecule has 5 heteroatoms. The summed E-state index contributed by atoms with van der Waals surface area (Å²) in [5, 5.41) is 8.38. The molecule has 0 aromatic rings. The van der Waals surface area contributed by atoms with E-state index >= 15 is 0 Å². The molecule has 0 aromatic carbocycles. The first-order valence-electron chi connectivity index (χ1n) is 4.26. The minimum atomic E-state index is -1.07. The Labute approximate surface area is 88.6 Å². The van der Waals surface area contributed by atoms with E-state index in [9.17, 15) is 9.59 Å². The molecule has 0 saturated heterocycles. The number of nitrogens with two attached hydrogens (primary N) is 1. The van der Waals surface area contributed by atoms with Crippen LogP contribution in [0.25, 0.3) is 0 Å². The summed E-state index contributed by atoms with van der Waals surface area (Å²) in [6.07, 6.45) is 0. The predicted molar refractivity (Wildman–Crippen MR) is 59.2 cm³/mol. The van der Waals surface area contributed by atoms with Crippen LogP contribution in [0.5, 0.6) is 0 Å². The standard InChI is InChI=1S/C7H11NO3S.C2H6/c1-4(9)5(2)12-3-6(8)7(10)11;1-2/h6H,2-3,8H2,1H3,(H,10,11);1-2H3. The van der Waals surface area contributed by atoms with Gasteiger partial charge >= 0.3 is 5.97 Å². The van der Waals surface area contributed by atoms with Gasteiger partial charge in [0.2, 0.25) is 0 Å². The number of aliphatic carboxylic acids is 1. The van der Waals surface area contributed by atoms with E-state index in [2.05, 4.69) is 6.58 Å². The molecular weight excluding hydrogens is 202 g/mol. The Morgan fingerprint density at radius 3 is 2.21 bits per heavy atom. The third-order valence-electron chi connectivity index (χ3n) is 1.15. The fourth-order valence-electron chi connectivity index (χ4n) is 0.363. The molecule has 82 valence electrons. The van der Waals surface area contributed by atoms with E-state index < -0.39 is 12.0 Å². The summed E-state index contributed by atoms with van der Waals surface area (Å²) in [4.78, 5) is 21.2. The molecule has 0 aliphatic carbocycles. The van der Waals surface area contributed by atoms with Gasteiger partial charge in [0.1, 0.15) is 6.04 Å². The number of ketones is 1. The molecule has 1 atom stereocenters. The summed E-state index contributed by atoms with van der Waals surface area (Å²) < 4.78 is 0. The second kappa shape index (κ2) is 8.77. The van der Waals surface area contributed by atoms with Crippen LogP contribution >= 0.6 is 11.8 Å². The third kappa shape index (κ3) is 7.82. The Bertz CT molecular complexity index is 216. The van der Waals surface area contributed by atoms with Crippen LogP contribution < -0.4 is 5.73 Å². The molecule has 0 radical (unpaired) electrons. The fraction of sp³-hybridized carbons (Fsp3) is 0.556. The molecule has 0 amide bonds.